The number of hydrogen-bond donors (Lipinski definition) is 2. The highest BCUT2D eigenvalue weighted by Gasteiger charge is 2.20. The molecule has 0 aliphatic heterocycles. The summed E-state index contributed by atoms with van der Waals surface area (Å²) in [6.45, 7) is 0. The fraction of sp³-hybridized carbons (Fsp3) is 0.176. The number of rotatable bonds is 6. The first-order valence-electron chi connectivity index (χ1n) is 7.12. The molecule has 0 aliphatic carbocycles. The lowest BCUT2D eigenvalue weighted by molar-refractivity contribution is -0.127. The largest absolute Gasteiger partial charge is 0.368 e. The van der Waals surface area contributed by atoms with Crippen molar-refractivity contribution in [3.05, 3.63) is 68.9 Å². The first-order chi connectivity index (χ1) is 11.3. The van der Waals surface area contributed by atoms with Gasteiger partial charge in [0.1, 0.15) is 11.9 Å². The summed E-state index contributed by atoms with van der Waals surface area (Å²) in [6.07, 6.45) is 0.242. The molecule has 1 atom stereocenters. The summed E-state index contributed by atoms with van der Waals surface area (Å²) < 4.78 is 13.6. The Labute approximate surface area is 152 Å². The van der Waals surface area contributed by atoms with Gasteiger partial charge >= 0.3 is 0 Å². The number of nitrogens with one attached hydrogen (secondary N) is 1. The van der Waals surface area contributed by atoms with Crippen molar-refractivity contribution in [2.24, 2.45) is 5.73 Å². The molecule has 3 N–H and O–H groups in total. The van der Waals surface area contributed by atoms with E-state index in [-0.39, 0.29) is 24.6 Å². The molecule has 0 aromatic heterocycles. The maximum atomic E-state index is 12.9. The first kappa shape index (κ1) is 18.4. The Bertz CT molecular complexity index is 753. The van der Waals surface area contributed by atoms with Gasteiger partial charge in [0.15, 0.2) is 0 Å². The Morgan fingerprint density at radius 3 is 2.50 bits per heavy atom. The van der Waals surface area contributed by atoms with E-state index in [1.54, 1.807) is 18.2 Å². The second-order valence-electron chi connectivity index (χ2n) is 5.27. The van der Waals surface area contributed by atoms with E-state index < -0.39 is 11.9 Å². The summed E-state index contributed by atoms with van der Waals surface area (Å²) in [5.74, 6) is -1.39. The van der Waals surface area contributed by atoms with E-state index in [1.165, 1.54) is 24.3 Å². The van der Waals surface area contributed by atoms with E-state index in [4.69, 9.17) is 17.3 Å². The molecular formula is C17H15BrClFN2O2. The number of halogens is 3. The van der Waals surface area contributed by atoms with Gasteiger partial charge in [0.2, 0.25) is 11.8 Å². The molecule has 0 saturated carbocycles. The average molecular weight is 414 g/mol. The molecule has 2 aromatic rings. The number of benzene rings is 2. The molecule has 24 heavy (non-hydrogen) atoms. The summed E-state index contributed by atoms with van der Waals surface area (Å²) in [4.78, 5) is 23.7. The van der Waals surface area contributed by atoms with Crippen molar-refractivity contribution in [3.8, 4) is 0 Å². The zero-order valence-corrected chi connectivity index (χ0v) is 14.9. The molecule has 0 radical (unpaired) electrons. The molecule has 0 fully saturated rings. The molecule has 0 heterocycles. The van der Waals surface area contributed by atoms with Crippen LogP contribution in [0.3, 0.4) is 0 Å². The summed E-state index contributed by atoms with van der Waals surface area (Å²) >= 11 is 9.33. The van der Waals surface area contributed by atoms with E-state index in [1.807, 2.05) is 0 Å². The minimum atomic E-state index is -0.868. The van der Waals surface area contributed by atoms with Gasteiger partial charge in [-0.1, -0.05) is 39.7 Å². The maximum absolute atomic E-state index is 12.9. The molecule has 4 nitrogen and oxygen atoms in total. The van der Waals surface area contributed by atoms with Crippen LogP contribution in [0.25, 0.3) is 0 Å². The highest BCUT2D eigenvalue weighted by molar-refractivity contribution is 9.10. The lowest BCUT2D eigenvalue weighted by Crippen LogP contribution is -2.46. The highest BCUT2D eigenvalue weighted by atomic mass is 79.9. The van der Waals surface area contributed by atoms with Gasteiger partial charge in [-0.3, -0.25) is 9.59 Å². The third kappa shape index (κ3) is 5.32. The molecule has 126 valence electrons. The SMILES string of the molecule is NC(=O)[C@H](Cc1cc(Cl)ccc1Br)NC(=O)Cc1ccc(F)cc1. The summed E-state index contributed by atoms with van der Waals surface area (Å²) in [7, 11) is 0. The number of amides is 2. The van der Waals surface area contributed by atoms with Crippen LogP contribution in [-0.2, 0) is 22.4 Å². The molecule has 2 aromatic carbocycles. The molecular weight excluding hydrogens is 399 g/mol. The number of nitrogens with two attached hydrogens (primary N) is 1. The molecule has 0 saturated heterocycles. The zero-order chi connectivity index (χ0) is 17.7. The molecule has 2 amide bonds. The van der Waals surface area contributed by atoms with Crippen molar-refractivity contribution in [2.45, 2.75) is 18.9 Å². The van der Waals surface area contributed by atoms with Crippen molar-refractivity contribution in [1.29, 1.82) is 0 Å². The predicted octanol–water partition coefficient (Wildman–Crippen LogP) is 3.00. The molecule has 0 spiro atoms. The minimum absolute atomic E-state index is 0.0285. The Kier molecular flexibility index (Phi) is 6.34. The quantitative estimate of drug-likeness (QED) is 0.764. The highest BCUT2D eigenvalue weighted by Crippen LogP contribution is 2.22. The number of carbonyl (C=O) groups is 2. The van der Waals surface area contributed by atoms with Crippen LogP contribution in [0.15, 0.2) is 46.9 Å². The topological polar surface area (TPSA) is 72.2 Å². The van der Waals surface area contributed by atoms with Gasteiger partial charge in [0.05, 0.1) is 6.42 Å². The lowest BCUT2D eigenvalue weighted by atomic mass is 10.0. The van der Waals surface area contributed by atoms with Crippen LogP contribution >= 0.6 is 27.5 Å². The van der Waals surface area contributed by atoms with Crippen LogP contribution in [-0.4, -0.2) is 17.9 Å². The fourth-order valence-corrected chi connectivity index (χ4v) is 2.78. The van der Waals surface area contributed by atoms with Crippen molar-refractivity contribution >= 4 is 39.3 Å². The summed E-state index contributed by atoms with van der Waals surface area (Å²) in [6, 6.07) is 9.89. The van der Waals surface area contributed by atoms with Gasteiger partial charge in [0, 0.05) is 15.9 Å². The zero-order valence-electron chi connectivity index (χ0n) is 12.6. The van der Waals surface area contributed by atoms with E-state index in [0.29, 0.717) is 10.6 Å². The van der Waals surface area contributed by atoms with Crippen molar-refractivity contribution in [1.82, 2.24) is 5.32 Å². The van der Waals surface area contributed by atoms with Gasteiger partial charge in [-0.2, -0.15) is 0 Å². The predicted molar refractivity (Wildman–Crippen MR) is 94.1 cm³/mol. The van der Waals surface area contributed by atoms with Crippen molar-refractivity contribution in [2.75, 3.05) is 0 Å². The van der Waals surface area contributed by atoms with Crippen LogP contribution in [0.5, 0.6) is 0 Å². The molecule has 0 unspecified atom stereocenters. The Balaban J connectivity index is 2.05. The van der Waals surface area contributed by atoms with Gasteiger partial charge in [-0.05, 0) is 41.5 Å². The monoisotopic (exact) mass is 412 g/mol. The van der Waals surface area contributed by atoms with E-state index in [2.05, 4.69) is 21.2 Å². The van der Waals surface area contributed by atoms with Gasteiger partial charge in [-0.25, -0.2) is 4.39 Å². The normalized spacial score (nSPS) is 11.8. The Morgan fingerprint density at radius 1 is 1.21 bits per heavy atom. The summed E-state index contributed by atoms with van der Waals surface area (Å²) in [5.41, 5.74) is 6.78. The Hall–Kier alpha value is -1.92. The number of carbonyl (C=O) groups excluding carboxylic acids is 2. The smallest absolute Gasteiger partial charge is 0.240 e. The summed E-state index contributed by atoms with van der Waals surface area (Å²) in [5, 5.41) is 3.13. The molecule has 0 bridgehead atoms. The number of primary amides is 1. The van der Waals surface area contributed by atoms with Gasteiger partial charge in [-0.15, -0.1) is 0 Å². The second kappa shape index (κ2) is 8.26. The average Bonchev–Trinajstić information content (AvgIpc) is 2.52. The van der Waals surface area contributed by atoms with E-state index in [9.17, 15) is 14.0 Å². The standard InChI is InChI=1S/C17H15BrClFN2O2/c18-14-6-3-12(19)8-11(14)9-15(17(21)24)22-16(23)7-10-1-4-13(20)5-2-10/h1-6,8,15H,7,9H2,(H2,21,24)(H,22,23)/t15-/m0/s1. The van der Waals surface area contributed by atoms with Crippen LogP contribution in [0.2, 0.25) is 5.02 Å². The second-order valence-corrected chi connectivity index (χ2v) is 6.56. The van der Waals surface area contributed by atoms with Crippen LogP contribution in [0, 0.1) is 5.82 Å². The van der Waals surface area contributed by atoms with Gasteiger partial charge in [0.25, 0.3) is 0 Å². The third-order valence-electron chi connectivity index (χ3n) is 3.39. The lowest BCUT2D eigenvalue weighted by Gasteiger charge is -2.16. The molecule has 0 aliphatic rings. The number of hydrogen-bond acceptors (Lipinski definition) is 2. The van der Waals surface area contributed by atoms with E-state index >= 15 is 0 Å². The third-order valence-corrected chi connectivity index (χ3v) is 4.40. The minimum Gasteiger partial charge on any atom is -0.368 e. The molecule has 2 rings (SSSR count). The van der Waals surface area contributed by atoms with Crippen LogP contribution in [0.1, 0.15) is 11.1 Å². The Morgan fingerprint density at radius 2 is 1.88 bits per heavy atom. The molecule has 7 heteroatoms. The maximum Gasteiger partial charge on any atom is 0.240 e. The first-order valence-corrected chi connectivity index (χ1v) is 8.29. The van der Waals surface area contributed by atoms with E-state index in [0.717, 1.165) is 10.0 Å². The van der Waals surface area contributed by atoms with Gasteiger partial charge < -0.3 is 11.1 Å². The fourth-order valence-electron chi connectivity index (χ4n) is 2.18. The van der Waals surface area contributed by atoms with Crippen LogP contribution in [0.4, 0.5) is 4.39 Å². The van der Waals surface area contributed by atoms with Crippen molar-refractivity contribution < 1.29 is 14.0 Å². The van der Waals surface area contributed by atoms with Crippen molar-refractivity contribution in [3.63, 3.8) is 0 Å². The van der Waals surface area contributed by atoms with Crippen LogP contribution < -0.4 is 11.1 Å².